The van der Waals surface area contributed by atoms with E-state index >= 15 is 0 Å². The van der Waals surface area contributed by atoms with Crippen molar-refractivity contribution in [3.05, 3.63) is 84.9 Å². The van der Waals surface area contributed by atoms with E-state index in [9.17, 15) is 0 Å². The van der Waals surface area contributed by atoms with E-state index in [1.807, 2.05) is 0 Å². The normalized spacial score (nSPS) is 11.7. The van der Waals surface area contributed by atoms with Crippen molar-refractivity contribution in [2.45, 2.75) is 0 Å². The third-order valence-electron chi connectivity index (χ3n) is 5.35. The van der Waals surface area contributed by atoms with Crippen molar-refractivity contribution in [3.63, 3.8) is 0 Å². The minimum absolute atomic E-state index is 1.08. The van der Waals surface area contributed by atoms with Crippen LogP contribution in [0.5, 0.6) is 0 Å². The van der Waals surface area contributed by atoms with Gasteiger partial charge in [0.05, 0.1) is 22.4 Å². The first-order valence-electron chi connectivity index (χ1n) is 9.14. The highest BCUT2D eigenvalue weighted by Gasteiger charge is 2.11. The lowest BCUT2D eigenvalue weighted by Gasteiger charge is -2.09. The molecular formula is C24H17N3. The second kappa shape index (κ2) is 5.39. The summed E-state index contributed by atoms with van der Waals surface area (Å²) in [6.07, 6.45) is 0. The fourth-order valence-corrected chi connectivity index (χ4v) is 4.10. The zero-order valence-electron chi connectivity index (χ0n) is 14.6. The van der Waals surface area contributed by atoms with Crippen LogP contribution in [-0.2, 0) is 0 Å². The highest BCUT2D eigenvalue weighted by atomic mass is 14.9. The topological polar surface area (TPSA) is 43.6 Å². The fourth-order valence-electron chi connectivity index (χ4n) is 4.10. The van der Waals surface area contributed by atoms with Crippen molar-refractivity contribution in [2.24, 2.45) is 0 Å². The number of para-hydroxylation sites is 4. The van der Waals surface area contributed by atoms with Gasteiger partial charge in [-0.3, -0.25) is 0 Å². The Morgan fingerprint density at radius 2 is 0.889 bits per heavy atom. The molecule has 0 fully saturated rings. The first-order valence-corrected chi connectivity index (χ1v) is 9.14. The molecule has 2 aromatic heterocycles. The van der Waals surface area contributed by atoms with E-state index in [1.165, 1.54) is 21.5 Å². The predicted molar refractivity (Wildman–Crippen MR) is 115 cm³/mol. The number of hydrogen-bond donors (Lipinski definition) is 3. The molecular weight excluding hydrogens is 330 g/mol. The molecule has 0 bridgehead atoms. The molecule has 0 amide bonds. The summed E-state index contributed by atoms with van der Waals surface area (Å²) in [7, 11) is 0. The lowest BCUT2D eigenvalue weighted by molar-refractivity contribution is 1.50. The number of H-pyrrole nitrogens is 2. The number of hydrogen-bond acceptors (Lipinski definition) is 1. The summed E-state index contributed by atoms with van der Waals surface area (Å²) in [5.41, 5.74) is 6.74. The maximum Gasteiger partial charge on any atom is 0.0704 e. The van der Waals surface area contributed by atoms with Crippen molar-refractivity contribution in [3.8, 4) is 0 Å². The van der Waals surface area contributed by atoms with Crippen molar-refractivity contribution >= 4 is 55.0 Å². The van der Waals surface area contributed by atoms with Crippen LogP contribution < -0.4 is 5.32 Å². The van der Waals surface area contributed by atoms with Crippen LogP contribution in [0, 0.1) is 0 Å². The Kier molecular flexibility index (Phi) is 2.88. The van der Waals surface area contributed by atoms with Gasteiger partial charge in [0.15, 0.2) is 0 Å². The van der Waals surface area contributed by atoms with Crippen molar-refractivity contribution in [1.29, 1.82) is 0 Å². The smallest absolute Gasteiger partial charge is 0.0704 e. The van der Waals surface area contributed by atoms with Crippen LogP contribution in [0.3, 0.4) is 0 Å². The van der Waals surface area contributed by atoms with Gasteiger partial charge >= 0.3 is 0 Å². The van der Waals surface area contributed by atoms with Gasteiger partial charge in [0.25, 0.3) is 0 Å². The Hall–Kier alpha value is -3.72. The van der Waals surface area contributed by atoms with Gasteiger partial charge < -0.3 is 15.3 Å². The van der Waals surface area contributed by atoms with E-state index in [1.54, 1.807) is 0 Å². The summed E-state index contributed by atoms with van der Waals surface area (Å²) in [5, 5.41) is 8.62. The van der Waals surface area contributed by atoms with E-state index < -0.39 is 0 Å². The standard InChI is InChI=1S/C24H17N3/c1-3-11-19-15(7-1)17-9-5-13-21(23(17)26-19)25-22-14-6-10-18-16-8-2-4-12-20(16)27-24(18)22/h1-14,25-27H. The molecule has 3 heteroatoms. The second-order valence-electron chi connectivity index (χ2n) is 6.92. The zero-order chi connectivity index (χ0) is 17.8. The first-order chi connectivity index (χ1) is 13.4. The van der Waals surface area contributed by atoms with Crippen LogP contribution in [0.25, 0.3) is 43.6 Å². The summed E-state index contributed by atoms with van der Waals surface area (Å²) >= 11 is 0. The molecule has 6 rings (SSSR count). The summed E-state index contributed by atoms with van der Waals surface area (Å²) in [5.74, 6) is 0. The zero-order valence-corrected chi connectivity index (χ0v) is 14.6. The number of anilines is 2. The SMILES string of the molecule is c1ccc2c(c1)[nH]c1c(Nc3cccc4c3[nH]c3ccccc34)cccc12. The number of benzene rings is 4. The Balaban J connectivity index is 1.57. The fraction of sp³-hybridized carbons (Fsp3) is 0. The number of aromatic amines is 2. The maximum absolute atomic E-state index is 3.65. The molecule has 2 heterocycles. The molecule has 0 aliphatic heterocycles. The number of aromatic nitrogens is 2. The summed E-state index contributed by atoms with van der Waals surface area (Å²) in [4.78, 5) is 7.14. The van der Waals surface area contributed by atoms with Crippen LogP contribution >= 0.6 is 0 Å². The molecule has 0 radical (unpaired) electrons. The van der Waals surface area contributed by atoms with Gasteiger partial charge in [0.1, 0.15) is 0 Å². The van der Waals surface area contributed by atoms with Gasteiger partial charge in [-0.15, -0.1) is 0 Å². The van der Waals surface area contributed by atoms with E-state index in [-0.39, 0.29) is 0 Å². The van der Waals surface area contributed by atoms with Crippen LogP contribution in [-0.4, -0.2) is 9.97 Å². The van der Waals surface area contributed by atoms with Crippen LogP contribution in [0.15, 0.2) is 84.9 Å². The lowest BCUT2D eigenvalue weighted by Crippen LogP contribution is -1.92. The van der Waals surface area contributed by atoms with Crippen molar-refractivity contribution in [2.75, 3.05) is 5.32 Å². The molecule has 0 unspecified atom stereocenters. The molecule has 0 atom stereocenters. The molecule has 0 saturated carbocycles. The Morgan fingerprint density at radius 1 is 0.444 bits per heavy atom. The molecule has 0 aliphatic rings. The van der Waals surface area contributed by atoms with Gasteiger partial charge in [-0.25, -0.2) is 0 Å². The van der Waals surface area contributed by atoms with E-state index in [0.717, 1.165) is 33.4 Å². The first kappa shape index (κ1) is 14.4. The maximum atomic E-state index is 3.65. The van der Waals surface area contributed by atoms with Crippen LogP contribution in [0.1, 0.15) is 0 Å². The van der Waals surface area contributed by atoms with E-state index in [0.29, 0.717) is 0 Å². The van der Waals surface area contributed by atoms with Crippen molar-refractivity contribution < 1.29 is 0 Å². The molecule has 128 valence electrons. The van der Waals surface area contributed by atoms with Crippen LogP contribution in [0.2, 0.25) is 0 Å². The van der Waals surface area contributed by atoms with Gasteiger partial charge in [-0.05, 0) is 24.3 Å². The molecule has 0 aliphatic carbocycles. The molecule has 3 nitrogen and oxygen atoms in total. The highest BCUT2D eigenvalue weighted by Crippen LogP contribution is 2.35. The van der Waals surface area contributed by atoms with Gasteiger partial charge in [0, 0.05) is 32.6 Å². The Bertz CT molecular complexity index is 1340. The number of rotatable bonds is 2. The summed E-state index contributed by atoms with van der Waals surface area (Å²) in [6.45, 7) is 0. The quantitative estimate of drug-likeness (QED) is 0.320. The minimum Gasteiger partial charge on any atom is -0.353 e. The van der Waals surface area contributed by atoms with Crippen molar-refractivity contribution in [1.82, 2.24) is 9.97 Å². The Morgan fingerprint density at radius 3 is 1.41 bits per heavy atom. The van der Waals surface area contributed by atoms with Gasteiger partial charge in [0.2, 0.25) is 0 Å². The average Bonchev–Trinajstić information content (AvgIpc) is 3.28. The molecule has 6 aromatic rings. The largest absolute Gasteiger partial charge is 0.353 e. The summed E-state index contributed by atoms with van der Waals surface area (Å²) in [6, 6.07) is 29.7. The molecule has 0 spiro atoms. The molecule has 4 aromatic carbocycles. The Labute approximate surface area is 155 Å². The van der Waals surface area contributed by atoms with E-state index in [2.05, 4.69) is 100 Å². The third-order valence-corrected chi connectivity index (χ3v) is 5.35. The highest BCUT2D eigenvalue weighted by molar-refractivity contribution is 6.14. The minimum atomic E-state index is 1.08. The molecule has 3 N–H and O–H groups in total. The monoisotopic (exact) mass is 347 g/mol. The van der Waals surface area contributed by atoms with Gasteiger partial charge in [-0.2, -0.15) is 0 Å². The number of fused-ring (bicyclic) bond motifs is 6. The molecule has 27 heavy (non-hydrogen) atoms. The van der Waals surface area contributed by atoms with E-state index in [4.69, 9.17) is 0 Å². The van der Waals surface area contributed by atoms with Gasteiger partial charge in [-0.1, -0.05) is 60.7 Å². The third kappa shape index (κ3) is 2.09. The van der Waals surface area contributed by atoms with Crippen LogP contribution in [0.4, 0.5) is 11.4 Å². The number of nitrogens with one attached hydrogen (secondary N) is 3. The average molecular weight is 347 g/mol. The second-order valence-corrected chi connectivity index (χ2v) is 6.92. The lowest BCUT2D eigenvalue weighted by atomic mass is 10.1. The molecule has 0 saturated heterocycles. The summed E-state index contributed by atoms with van der Waals surface area (Å²) < 4.78 is 0. The predicted octanol–water partition coefficient (Wildman–Crippen LogP) is 6.70.